The van der Waals surface area contributed by atoms with Crippen LogP contribution in [0.15, 0.2) is 48.8 Å². The minimum Gasteiger partial charge on any atom is -0.352 e. The second-order valence-electron chi connectivity index (χ2n) is 6.69. The third-order valence-electron chi connectivity index (χ3n) is 4.42. The monoisotopic (exact) mass is 366 g/mol. The Morgan fingerprint density at radius 2 is 1.89 bits per heavy atom. The van der Waals surface area contributed by atoms with Crippen molar-refractivity contribution in [3.05, 3.63) is 54.4 Å². The molecule has 7 nitrogen and oxygen atoms in total. The number of hydrogen-bond donors (Lipinski definition) is 3. The van der Waals surface area contributed by atoms with Crippen molar-refractivity contribution in [2.45, 2.75) is 19.8 Å². The van der Waals surface area contributed by atoms with Gasteiger partial charge in [-0.1, -0.05) is 13.0 Å². The molecule has 0 spiro atoms. The van der Waals surface area contributed by atoms with Gasteiger partial charge in [-0.15, -0.1) is 0 Å². The van der Waals surface area contributed by atoms with E-state index in [1.165, 1.54) is 0 Å². The van der Waals surface area contributed by atoms with E-state index in [9.17, 15) is 14.4 Å². The second kappa shape index (κ2) is 8.44. The predicted octanol–water partition coefficient (Wildman–Crippen LogP) is 2.43. The van der Waals surface area contributed by atoms with Gasteiger partial charge in [0, 0.05) is 36.3 Å². The number of nitrogens with zero attached hydrogens (tertiary/aromatic N) is 1. The van der Waals surface area contributed by atoms with Crippen LogP contribution in [0.5, 0.6) is 0 Å². The summed E-state index contributed by atoms with van der Waals surface area (Å²) in [6.07, 6.45) is 4.24. The number of aromatic nitrogens is 1. The van der Waals surface area contributed by atoms with Crippen molar-refractivity contribution in [1.82, 2.24) is 10.3 Å². The van der Waals surface area contributed by atoms with Crippen molar-refractivity contribution >= 4 is 29.1 Å². The van der Waals surface area contributed by atoms with Crippen molar-refractivity contribution in [3.63, 3.8) is 0 Å². The molecule has 0 radical (unpaired) electrons. The fourth-order valence-corrected chi connectivity index (χ4v) is 2.71. The fourth-order valence-electron chi connectivity index (χ4n) is 2.71. The van der Waals surface area contributed by atoms with Crippen LogP contribution in [0, 0.1) is 11.8 Å². The summed E-state index contributed by atoms with van der Waals surface area (Å²) >= 11 is 0. The van der Waals surface area contributed by atoms with Crippen molar-refractivity contribution < 1.29 is 14.4 Å². The van der Waals surface area contributed by atoms with Crippen LogP contribution in [0.2, 0.25) is 0 Å². The maximum absolute atomic E-state index is 12.3. The molecule has 27 heavy (non-hydrogen) atoms. The molecular formula is C20H22N4O3. The summed E-state index contributed by atoms with van der Waals surface area (Å²) in [5.41, 5.74) is 1.65. The highest BCUT2D eigenvalue weighted by molar-refractivity contribution is 5.98. The van der Waals surface area contributed by atoms with E-state index in [0.717, 1.165) is 6.42 Å². The molecule has 140 valence electrons. The molecule has 7 heteroatoms. The van der Waals surface area contributed by atoms with Gasteiger partial charge in [-0.3, -0.25) is 19.4 Å². The molecule has 1 aliphatic rings. The average molecular weight is 366 g/mol. The van der Waals surface area contributed by atoms with Gasteiger partial charge in [0.2, 0.25) is 11.8 Å². The molecule has 1 aromatic carbocycles. The van der Waals surface area contributed by atoms with E-state index in [1.807, 2.05) is 6.92 Å². The second-order valence-corrected chi connectivity index (χ2v) is 6.69. The maximum Gasteiger partial charge on any atom is 0.251 e. The minimum absolute atomic E-state index is 0.00729. The van der Waals surface area contributed by atoms with Crippen molar-refractivity contribution in [2.24, 2.45) is 11.8 Å². The standard InChI is InChI=1S/C20H22N4O3/c1-13-10-17(13)20(27)24-15-5-2-4-14(11-15)19(26)22-9-7-18(25)23-16-6-3-8-21-12-16/h2-6,8,11-13,17H,7,9-10H2,1H3,(H,22,26)(H,23,25)(H,24,27). The first kappa shape index (κ1) is 18.6. The number of carbonyl (C=O) groups is 3. The highest BCUT2D eigenvalue weighted by Crippen LogP contribution is 2.38. The molecule has 3 rings (SSSR count). The number of pyridine rings is 1. The molecule has 3 amide bonds. The van der Waals surface area contributed by atoms with Gasteiger partial charge in [0.1, 0.15) is 0 Å². The van der Waals surface area contributed by atoms with Crippen LogP contribution in [0.3, 0.4) is 0 Å². The van der Waals surface area contributed by atoms with Crippen LogP contribution in [0.4, 0.5) is 11.4 Å². The minimum atomic E-state index is -0.292. The van der Waals surface area contributed by atoms with Gasteiger partial charge in [0.15, 0.2) is 0 Å². The van der Waals surface area contributed by atoms with Crippen molar-refractivity contribution in [1.29, 1.82) is 0 Å². The van der Waals surface area contributed by atoms with Crippen molar-refractivity contribution in [3.8, 4) is 0 Å². The quantitative estimate of drug-likeness (QED) is 0.701. The van der Waals surface area contributed by atoms with E-state index in [2.05, 4.69) is 20.9 Å². The summed E-state index contributed by atoms with van der Waals surface area (Å²) in [6, 6.07) is 10.2. The van der Waals surface area contributed by atoms with Gasteiger partial charge in [0.05, 0.1) is 11.9 Å². The Morgan fingerprint density at radius 1 is 1.11 bits per heavy atom. The van der Waals surface area contributed by atoms with Gasteiger partial charge < -0.3 is 16.0 Å². The molecule has 1 aliphatic carbocycles. The van der Waals surface area contributed by atoms with E-state index in [1.54, 1.807) is 48.8 Å². The van der Waals surface area contributed by atoms with E-state index >= 15 is 0 Å². The molecule has 2 unspecified atom stereocenters. The first-order chi connectivity index (χ1) is 13.0. The highest BCUT2D eigenvalue weighted by atomic mass is 16.2. The number of nitrogens with one attached hydrogen (secondary N) is 3. The first-order valence-electron chi connectivity index (χ1n) is 8.92. The van der Waals surface area contributed by atoms with Gasteiger partial charge in [-0.25, -0.2) is 0 Å². The lowest BCUT2D eigenvalue weighted by atomic mass is 10.1. The molecule has 2 aromatic rings. The van der Waals surface area contributed by atoms with Crippen LogP contribution < -0.4 is 16.0 Å². The first-order valence-corrected chi connectivity index (χ1v) is 8.92. The SMILES string of the molecule is CC1CC1C(=O)Nc1cccc(C(=O)NCCC(=O)Nc2cccnc2)c1. The number of anilines is 2. The summed E-state index contributed by atoms with van der Waals surface area (Å²) in [6.45, 7) is 2.25. The molecule has 1 aromatic heterocycles. The van der Waals surface area contributed by atoms with Crippen LogP contribution >= 0.6 is 0 Å². The Kier molecular flexibility index (Phi) is 5.80. The zero-order valence-electron chi connectivity index (χ0n) is 15.1. The third-order valence-corrected chi connectivity index (χ3v) is 4.42. The zero-order chi connectivity index (χ0) is 19.2. The van der Waals surface area contributed by atoms with E-state index in [-0.39, 0.29) is 36.6 Å². The number of hydrogen-bond acceptors (Lipinski definition) is 4. The molecule has 0 saturated heterocycles. The molecular weight excluding hydrogens is 344 g/mol. The fraction of sp³-hybridized carbons (Fsp3) is 0.300. The summed E-state index contributed by atoms with van der Waals surface area (Å²) in [7, 11) is 0. The number of rotatable bonds is 7. The van der Waals surface area contributed by atoms with Crippen LogP contribution in [0.1, 0.15) is 30.1 Å². The largest absolute Gasteiger partial charge is 0.352 e. The van der Waals surface area contributed by atoms with Gasteiger partial charge in [0.25, 0.3) is 5.91 Å². The molecule has 0 aliphatic heterocycles. The molecule has 1 saturated carbocycles. The Hall–Kier alpha value is -3.22. The van der Waals surface area contributed by atoms with Gasteiger partial charge in [-0.2, -0.15) is 0 Å². The lowest BCUT2D eigenvalue weighted by Gasteiger charge is -2.09. The Balaban J connectivity index is 1.45. The number of benzene rings is 1. The van der Waals surface area contributed by atoms with Crippen LogP contribution in [0.25, 0.3) is 0 Å². The van der Waals surface area contributed by atoms with Gasteiger partial charge >= 0.3 is 0 Å². The van der Waals surface area contributed by atoms with Crippen LogP contribution in [-0.2, 0) is 9.59 Å². The highest BCUT2D eigenvalue weighted by Gasteiger charge is 2.39. The maximum atomic E-state index is 12.3. The number of amides is 3. The number of carbonyl (C=O) groups excluding carboxylic acids is 3. The molecule has 1 fully saturated rings. The average Bonchev–Trinajstić information content (AvgIpc) is 3.39. The molecule has 0 bridgehead atoms. The Labute approximate surface area is 157 Å². The van der Waals surface area contributed by atoms with E-state index in [0.29, 0.717) is 22.9 Å². The molecule has 1 heterocycles. The smallest absolute Gasteiger partial charge is 0.251 e. The third kappa shape index (κ3) is 5.37. The topological polar surface area (TPSA) is 100 Å². The lowest BCUT2D eigenvalue weighted by Crippen LogP contribution is -2.27. The lowest BCUT2D eigenvalue weighted by molar-refractivity contribution is -0.117. The van der Waals surface area contributed by atoms with Gasteiger partial charge in [-0.05, 0) is 42.7 Å². The van der Waals surface area contributed by atoms with E-state index < -0.39 is 0 Å². The predicted molar refractivity (Wildman–Crippen MR) is 102 cm³/mol. The van der Waals surface area contributed by atoms with E-state index in [4.69, 9.17) is 0 Å². The summed E-state index contributed by atoms with van der Waals surface area (Å²) in [5, 5.41) is 8.26. The summed E-state index contributed by atoms with van der Waals surface area (Å²) < 4.78 is 0. The van der Waals surface area contributed by atoms with Crippen LogP contribution in [-0.4, -0.2) is 29.3 Å². The normalized spacial score (nSPS) is 17.7. The zero-order valence-corrected chi connectivity index (χ0v) is 15.1. The Morgan fingerprint density at radius 3 is 2.59 bits per heavy atom. The molecule has 2 atom stereocenters. The van der Waals surface area contributed by atoms with Crippen molar-refractivity contribution in [2.75, 3.05) is 17.2 Å². The Bertz CT molecular complexity index is 838. The summed E-state index contributed by atoms with van der Waals surface area (Å²) in [4.78, 5) is 40.0. The molecule has 3 N–H and O–H groups in total. The summed E-state index contributed by atoms with van der Waals surface area (Å²) in [5.74, 6) is -0.00910.